The van der Waals surface area contributed by atoms with Crippen LogP contribution in [0, 0.1) is 13.8 Å². The fourth-order valence-electron chi connectivity index (χ4n) is 2.07. The van der Waals surface area contributed by atoms with Crippen molar-refractivity contribution in [3.05, 3.63) is 58.1 Å². The first-order valence-corrected chi connectivity index (χ1v) is 8.37. The average molecular weight is 354 g/mol. The van der Waals surface area contributed by atoms with Gasteiger partial charge in [0, 0.05) is 11.5 Å². The zero-order chi connectivity index (χ0) is 14.9. The standard InChI is InChI=1S/C15H16BrNO2S/c1-11-7-8-15(12(2)9-11)17(3)20(18,19)14-6-4-5-13(16)10-14/h4-10H,1-3H3. The molecule has 0 amide bonds. The fourth-order valence-corrected chi connectivity index (χ4v) is 3.93. The quantitative estimate of drug-likeness (QED) is 0.839. The smallest absolute Gasteiger partial charge is 0.264 e. The van der Waals surface area contributed by atoms with Crippen LogP contribution in [0.15, 0.2) is 51.8 Å². The number of sulfonamides is 1. The molecule has 0 radical (unpaired) electrons. The van der Waals surface area contributed by atoms with Gasteiger partial charge in [-0.1, -0.05) is 39.7 Å². The van der Waals surface area contributed by atoms with E-state index in [0.717, 1.165) is 15.6 Å². The van der Waals surface area contributed by atoms with Gasteiger partial charge in [0.1, 0.15) is 0 Å². The van der Waals surface area contributed by atoms with Crippen LogP contribution in [-0.2, 0) is 10.0 Å². The summed E-state index contributed by atoms with van der Waals surface area (Å²) in [4.78, 5) is 0.273. The van der Waals surface area contributed by atoms with Crippen molar-refractivity contribution < 1.29 is 8.42 Å². The Morgan fingerprint density at radius 1 is 1.05 bits per heavy atom. The minimum Gasteiger partial charge on any atom is -0.269 e. The number of aryl methyl sites for hydroxylation is 2. The number of rotatable bonds is 3. The first-order valence-electron chi connectivity index (χ1n) is 6.14. The van der Waals surface area contributed by atoms with E-state index in [0.29, 0.717) is 5.69 Å². The fraction of sp³-hybridized carbons (Fsp3) is 0.200. The highest BCUT2D eigenvalue weighted by atomic mass is 79.9. The van der Waals surface area contributed by atoms with E-state index in [-0.39, 0.29) is 4.90 Å². The molecule has 5 heteroatoms. The summed E-state index contributed by atoms with van der Waals surface area (Å²) in [7, 11) is -1.97. The Bertz CT molecular complexity index is 741. The van der Waals surface area contributed by atoms with Crippen molar-refractivity contribution in [3.8, 4) is 0 Å². The molecule has 0 aliphatic rings. The lowest BCUT2D eigenvalue weighted by atomic mass is 10.1. The van der Waals surface area contributed by atoms with Gasteiger partial charge in [0.05, 0.1) is 10.6 Å². The van der Waals surface area contributed by atoms with Gasteiger partial charge in [-0.05, 0) is 43.7 Å². The summed E-state index contributed by atoms with van der Waals surface area (Å²) in [5, 5.41) is 0. The summed E-state index contributed by atoms with van der Waals surface area (Å²) < 4.78 is 27.3. The Morgan fingerprint density at radius 3 is 2.35 bits per heavy atom. The largest absolute Gasteiger partial charge is 0.269 e. The average Bonchev–Trinajstić information content (AvgIpc) is 2.38. The summed E-state index contributed by atoms with van der Waals surface area (Å²) >= 11 is 3.30. The Kier molecular flexibility index (Phi) is 4.20. The Morgan fingerprint density at radius 2 is 1.75 bits per heavy atom. The maximum atomic E-state index is 12.6. The Labute approximate surface area is 128 Å². The monoisotopic (exact) mass is 353 g/mol. The summed E-state index contributed by atoms with van der Waals surface area (Å²) in [6, 6.07) is 12.4. The van der Waals surface area contributed by atoms with Crippen molar-refractivity contribution in [2.75, 3.05) is 11.4 Å². The predicted octanol–water partition coefficient (Wildman–Crippen LogP) is 3.89. The third-order valence-corrected chi connectivity index (χ3v) is 5.41. The van der Waals surface area contributed by atoms with E-state index in [1.807, 2.05) is 32.0 Å². The predicted molar refractivity (Wildman–Crippen MR) is 85.6 cm³/mol. The van der Waals surface area contributed by atoms with Crippen LogP contribution in [0.3, 0.4) is 0 Å². The second kappa shape index (κ2) is 5.58. The minimum atomic E-state index is -3.55. The Hall–Kier alpha value is -1.33. The van der Waals surface area contributed by atoms with Crippen LogP contribution in [0.4, 0.5) is 5.69 Å². The zero-order valence-corrected chi connectivity index (χ0v) is 14.0. The van der Waals surface area contributed by atoms with E-state index >= 15 is 0 Å². The van der Waals surface area contributed by atoms with Gasteiger partial charge < -0.3 is 0 Å². The van der Waals surface area contributed by atoms with Crippen molar-refractivity contribution in [2.45, 2.75) is 18.7 Å². The topological polar surface area (TPSA) is 37.4 Å². The molecule has 0 unspecified atom stereocenters. The van der Waals surface area contributed by atoms with Gasteiger partial charge in [-0.3, -0.25) is 4.31 Å². The lowest BCUT2D eigenvalue weighted by Gasteiger charge is -2.21. The van der Waals surface area contributed by atoms with Crippen LogP contribution in [0.25, 0.3) is 0 Å². The van der Waals surface area contributed by atoms with Gasteiger partial charge in [0.25, 0.3) is 10.0 Å². The lowest BCUT2D eigenvalue weighted by molar-refractivity contribution is 0.594. The molecule has 0 saturated carbocycles. The third kappa shape index (κ3) is 2.88. The van der Waals surface area contributed by atoms with Crippen LogP contribution >= 0.6 is 15.9 Å². The van der Waals surface area contributed by atoms with E-state index in [2.05, 4.69) is 15.9 Å². The van der Waals surface area contributed by atoms with E-state index in [9.17, 15) is 8.42 Å². The van der Waals surface area contributed by atoms with Crippen molar-refractivity contribution in [3.63, 3.8) is 0 Å². The van der Waals surface area contributed by atoms with Crippen LogP contribution < -0.4 is 4.31 Å². The van der Waals surface area contributed by atoms with Crippen LogP contribution in [0.1, 0.15) is 11.1 Å². The minimum absolute atomic E-state index is 0.273. The highest BCUT2D eigenvalue weighted by Gasteiger charge is 2.22. The number of hydrogen-bond donors (Lipinski definition) is 0. The SMILES string of the molecule is Cc1ccc(N(C)S(=O)(=O)c2cccc(Br)c2)c(C)c1. The van der Waals surface area contributed by atoms with Crippen LogP contribution in [0.5, 0.6) is 0 Å². The van der Waals surface area contributed by atoms with Crippen molar-refractivity contribution in [1.82, 2.24) is 0 Å². The third-order valence-electron chi connectivity index (χ3n) is 3.15. The molecule has 0 fully saturated rings. The molecule has 106 valence electrons. The van der Waals surface area contributed by atoms with Crippen molar-refractivity contribution >= 4 is 31.6 Å². The maximum Gasteiger partial charge on any atom is 0.264 e. The van der Waals surface area contributed by atoms with E-state index in [1.54, 1.807) is 31.3 Å². The molecule has 0 spiro atoms. The molecular weight excluding hydrogens is 338 g/mol. The highest BCUT2D eigenvalue weighted by molar-refractivity contribution is 9.10. The first-order chi connectivity index (χ1) is 9.32. The number of nitrogens with zero attached hydrogens (tertiary/aromatic N) is 1. The molecule has 2 aromatic rings. The highest BCUT2D eigenvalue weighted by Crippen LogP contribution is 2.27. The van der Waals surface area contributed by atoms with Gasteiger partial charge in [0.15, 0.2) is 0 Å². The normalized spacial score (nSPS) is 11.4. The molecule has 3 nitrogen and oxygen atoms in total. The number of hydrogen-bond acceptors (Lipinski definition) is 2. The lowest BCUT2D eigenvalue weighted by Crippen LogP contribution is -2.27. The van der Waals surface area contributed by atoms with Crippen LogP contribution in [-0.4, -0.2) is 15.5 Å². The number of benzene rings is 2. The molecule has 0 aliphatic heterocycles. The zero-order valence-electron chi connectivity index (χ0n) is 11.6. The Balaban J connectivity index is 2.49. The molecule has 20 heavy (non-hydrogen) atoms. The maximum absolute atomic E-state index is 12.6. The van der Waals surface area contributed by atoms with E-state index in [4.69, 9.17) is 0 Å². The molecule has 0 aliphatic carbocycles. The van der Waals surface area contributed by atoms with Crippen molar-refractivity contribution in [2.24, 2.45) is 0 Å². The van der Waals surface area contributed by atoms with E-state index in [1.165, 1.54) is 4.31 Å². The molecular formula is C15H16BrNO2S. The van der Waals surface area contributed by atoms with Gasteiger partial charge in [-0.25, -0.2) is 8.42 Å². The summed E-state index contributed by atoms with van der Waals surface area (Å²) in [6.45, 7) is 3.90. The molecule has 0 aromatic heterocycles. The van der Waals surface area contributed by atoms with Gasteiger partial charge in [0.2, 0.25) is 0 Å². The summed E-state index contributed by atoms with van der Waals surface area (Å²) in [5.41, 5.74) is 2.74. The molecule has 0 heterocycles. The molecule has 0 bridgehead atoms. The molecule has 0 atom stereocenters. The number of anilines is 1. The van der Waals surface area contributed by atoms with Gasteiger partial charge in [-0.15, -0.1) is 0 Å². The second-order valence-corrected chi connectivity index (χ2v) is 7.60. The first kappa shape index (κ1) is 15.1. The summed E-state index contributed by atoms with van der Waals surface area (Å²) in [6.07, 6.45) is 0. The van der Waals surface area contributed by atoms with E-state index < -0.39 is 10.0 Å². The molecule has 2 aromatic carbocycles. The van der Waals surface area contributed by atoms with Crippen LogP contribution in [0.2, 0.25) is 0 Å². The van der Waals surface area contributed by atoms with Gasteiger partial charge >= 0.3 is 0 Å². The second-order valence-electron chi connectivity index (χ2n) is 4.72. The van der Waals surface area contributed by atoms with Gasteiger partial charge in [-0.2, -0.15) is 0 Å². The summed E-state index contributed by atoms with van der Waals surface area (Å²) in [5.74, 6) is 0. The number of halogens is 1. The van der Waals surface area contributed by atoms with Crippen molar-refractivity contribution in [1.29, 1.82) is 0 Å². The molecule has 0 saturated heterocycles. The molecule has 2 rings (SSSR count). The molecule has 0 N–H and O–H groups in total.